The molecule has 3 heterocycles. The van der Waals surface area contributed by atoms with E-state index in [-0.39, 0.29) is 5.60 Å². The maximum atomic E-state index is 6.27. The van der Waals surface area contributed by atoms with Gasteiger partial charge in [-0.25, -0.2) is 0 Å². The van der Waals surface area contributed by atoms with Crippen LogP contribution in [0.5, 0.6) is 0 Å². The molecular formula is C18H21NOS. The van der Waals surface area contributed by atoms with E-state index in [1.54, 1.807) is 0 Å². The molecule has 3 heteroatoms. The van der Waals surface area contributed by atoms with E-state index in [0.29, 0.717) is 0 Å². The lowest BCUT2D eigenvalue weighted by atomic mass is 9.85. The molecule has 110 valence electrons. The van der Waals surface area contributed by atoms with Gasteiger partial charge in [0, 0.05) is 24.5 Å². The summed E-state index contributed by atoms with van der Waals surface area (Å²) in [5, 5.41) is 2.23. The monoisotopic (exact) mass is 299 g/mol. The summed E-state index contributed by atoms with van der Waals surface area (Å²) < 4.78 is 6.27. The first-order valence-corrected chi connectivity index (χ1v) is 8.71. The van der Waals surface area contributed by atoms with E-state index in [9.17, 15) is 0 Å². The Morgan fingerprint density at radius 3 is 2.71 bits per heavy atom. The van der Waals surface area contributed by atoms with Crippen LogP contribution in [0.4, 0.5) is 0 Å². The summed E-state index contributed by atoms with van der Waals surface area (Å²) >= 11 is 1.89. The Labute approximate surface area is 130 Å². The van der Waals surface area contributed by atoms with Gasteiger partial charge in [0.15, 0.2) is 0 Å². The number of nitrogens with zero attached hydrogens (tertiary/aromatic N) is 1. The van der Waals surface area contributed by atoms with E-state index in [0.717, 1.165) is 45.5 Å². The van der Waals surface area contributed by atoms with Crippen LogP contribution in [-0.2, 0) is 23.3 Å². The lowest BCUT2D eigenvalue weighted by Gasteiger charge is -2.43. The molecule has 1 fully saturated rings. The molecule has 0 unspecified atom stereocenters. The van der Waals surface area contributed by atoms with Gasteiger partial charge < -0.3 is 4.74 Å². The summed E-state index contributed by atoms with van der Waals surface area (Å²) in [6, 6.07) is 13.1. The zero-order valence-electron chi connectivity index (χ0n) is 12.3. The van der Waals surface area contributed by atoms with Crippen LogP contribution in [-0.4, -0.2) is 24.6 Å². The SMILES string of the molecule is c1ccc(CN2CCC3(CC2)OCCc2ccsc23)cc1. The zero-order chi connectivity index (χ0) is 14.1. The fraction of sp³-hybridized carbons (Fsp3) is 0.444. The van der Waals surface area contributed by atoms with Gasteiger partial charge in [-0.1, -0.05) is 30.3 Å². The van der Waals surface area contributed by atoms with Gasteiger partial charge in [0.1, 0.15) is 5.60 Å². The number of hydrogen-bond acceptors (Lipinski definition) is 3. The topological polar surface area (TPSA) is 12.5 Å². The van der Waals surface area contributed by atoms with Gasteiger partial charge in [-0.05, 0) is 41.8 Å². The number of likely N-dealkylation sites (tertiary alicyclic amines) is 1. The van der Waals surface area contributed by atoms with E-state index in [1.165, 1.54) is 16.0 Å². The molecule has 0 saturated carbocycles. The third kappa shape index (κ3) is 2.54. The molecule has 0 radical (unpaired) electrons. The second kappa shape index (κ2) is 5.56. The Bertz CT molecular complexity index is 599. The fourth-order valence-electron chi connectivity index (χ4n) is 3.64. The first kappa shape index (κ1) is 13.5. The molecular weight excluding hydrogens is 278 g/mol. The number of fused-ring (bicyclic) bond motifs is 2. The largest absolute Gasteiger partial charge is 0.369 e. The highest BCUT2D eigenvalue weighted by atomic mass is 32.1. The Morgan fingerprint density at radius 1 is 1.10 bits per heavy atom. The van der Waals surface area contributed by atoms with Crippen LogP contribution in [0.25, 0.3) is 0 Å². The summed E-state index contributed by atoms with van der Waals surface area (Å²) in [6.45, 7) is 4.22. The molecule has 1 saturated heterocycles. The van der Waals surface area contributed by atoms with Gasteiger partial charge >= 0.3 is 0 Å². The molecule has 2 aromatic rings. The summed E-state index contributed by atoms with van der Waals surface area (Å²) in [5.74, 6) is 0. The molecule has 21 heavy (non-hydrogen) atoms. The molecule has 1 spiro atoms. The van der Waals surface area contributed by atoms with Crippen LogP contribution < -0.4 is 0 Å². The average molecular weight is 299 g/mol. The van der Waals surface area contributed by atoms with Gasteiger partial charge in [-0.3, -0.25) is 4.90 Å². The molecule has 4 rings (SSSR count). The summed E-state index contributed by atoms with van der Waals surface area (Å²) in [7, 11) is 0. The number of ether oxygens (including phenoxy) is 1. The third-order valence-corrected chi connectivity index (χ3v) is 5.97. The van der Waals surface area contributed by atoms with Crippen molar-refractivity contribution in [1.29, 1.82) is 0 Å². The molecule has 0 atom stereocenters. The minimum atomic E-state index is 0.0228. The molecule has 0 aliphatic carbocycles. The highest BCUT2D eigenvalue weighted by molar-refractivity contribution is 7.10. The predicted molar refractivity (Wildman–Crippen MR) is 86.6 cm³/mol. The van der Waals surface area contributed by atoms with Crippen LogP contribution in [0, 0.1) is 0 Å². The smallest absolute Gasteiger partial charge is 0.105 e. The number of benzene rings is 1. The van der Waals surface area contributed by atoms with E-state index in [1.807, 2.05) is 11.3 Å². The van der Waals surface area contributed by atoms with Crippen LogP contribution in [0.3, 0.4) is 0 Å². The van der Waals surface area contributed by atoms with Crippen LogP contribution in [0.15, 0.2) is 41.8 Å². The minimum Gasteiger partial charge on any atom is -0.369 e. The lowest BCUT2D eigenvalue weighted by Crippen LogP contribution is -2.45. The van der Waals surface area contributed by atoms with Crippen molar-refractivity contribution in [3.8, 4) is 0 Å². The van der Waals surface area contributed by atoms with Gasteiger partial charge in [-0.2, -0.15) is 0 Å². The zero-order valence-corrected chi connectivity index (χ0v) is 13.1. The van der Waals surface area contributed by atoms with Crippen molar-refractivity contribution < 1.29 is 4.74 Å². The molecule has 2 aliphatic rings. The van der Waals surface area contributed by atoms with E-state index < -0.39 is 0 Å². The minimum absolute atomic E-state index is 0.0228. The van der Waals surface area contributed by atoms with Gasteiger partial charge in [0.2, 0.25) is 0 Å². The predicted octanol–water partition coefficient (Wildman–Crippen LogP) is 3.81. The van der Waals surface area contributed by atoms with Crippen molar-refractivity contribution in [2.24, 2.45) is 0 Å². The standard InChI is InChI=1S/C18H21NOS/c1-2-4-15(5-3-1)14-19-10-8-18(9-11-19)17-16(6-12-20-18)7-13-21-17/h1-5,7,13H,6,8-12,14H2. The van der Waals surface area contributed by atoms with E-state index in [2.05, 4.69) is 46.7 Å². The Kier molecular flexibility index (Phi) is 3.57. The van der Waals surface area contributed by atoms with E-state index in [4.69, 9.17) is 4.74 Å². The quantitative estimate of drug-likeness (QED) is 0.836. The van der Waals surface area contributed by atoms with Crippen LogP contribution >= 0.6 is 11.3 Å². The number of thiophene rings is 1. The Hall–Kier alpha value is -1.16. The van der Waals surface area contributed by atoms with Crippen molar-refractivity contribution >= 4 is 11.3 Å². The fourth-order valence-corrected chi connectivity index (χ4v) is 4.81. The molecule has 1 aromatic carbocycles. The summed E-state index contributed by atoms with van der Waals surface area (Å²) in [4.78, 5) is 4.07. The highest BCUT2D eigenvalue weighted by Gasteiger charge is 2.41. The van der Waals surface area contributed by atoms with E-state index >= 15 is 0 Å². The summed E-state index contributed by atoms with van der Waals surface area (Å²) in [5.41, 5.74) is 2.96. The van der Waals surface area contributed by atoms with Crippen LogP contribution in [0.2, 0.25) is 0 Å². The number of rotatable bonds is 2. The molecule has 2 nitrogen and oxygen atoms in total. The first-order valence-electron chi connectivity index (χ1n) is 7.83. The normalized spacial score (nSPS) is 21.3. The molecule has 0 amide bonds. The lowest BCUT2D eigenvalue weighted by molar-refractivity contribution is -0.0960. The maximum Gasteiger partial charge on any atom is 0.105 e. The second-order valence-corrected chi connectivity index (χ2v) is 7.05. The van der Waals surface area contributed by atoms with Crippen molar-refractivity contribution in [1.82, 2.24) is 4.90 Å². The van der Waals surface area contributed by atoms with Gasteiger partial charge in [0.05, 0.1) is 6.61 Å². The van der Waals surface area contributed by atoms with Crippen LogP contribution in [0.1, 0.15) is 28.8 Å². The van der Waals surface area contributed by atoms with Crippen molar-refractivity contribution in [3.63, 3.8) is 0 Å². The van der Waals surface area contributed by atoms with Crippen molar-refractivity contribution in [2.45, 2.75) is 31.4 Å². The first-order chi connectivity index (χ1) is 10.4. The number of hydrogen-bond donors (Lipinski definition) is 0. The number of piperidine rings is 1. The summed E-state index contributed by atoms with van der Waals surface area (Å²) in [6.07, 6.45) is 3.36. The third-order valence-electron chi connectivity index (χ3n) is 4.82. The van der Waals surface area contributed by atoms with Gasteiger partial charge in [0.25, 0.3) is 0 Å². The molecule has 1 aromatic heterocycles. The van der Waals surface area contributed by atoms with Gasteiger partial charge in [-0.15, -0.1) is 11.3 Å². The maximum absolute atomic E-state index is 6.27. The molecule has 0 bridgehead atoms. The Balaban J connectivity index is 1.46. The average Bonchev–Trinajstić information content (AvgIpc) is 3.01. The van der Waals surface area contributed by atoms with Crippen molar-refractivity contribution in [3.05, 3.63) is 57.8 Å². The highest BCUT2D eigenvalue weighted by Crippen LogP contribution is 2.44. The second-order valence-electron chi connectivity index (χ2n) is 6.13. The molecule has 2 aliphatic heterocycles. The molecule has 0 N–H and O–H groups in total. The Morgan fingerprint density at radius 2 is 1.90 bits per heavy atom. The van der Waals surface area contributed by atoms with Crippen molar-refractivity contribution in [2.75, 3.05) is 19.7 Å².